The van der Waals surface area contributed by atoms with Crippen LogP contribution >= 0.6 is 11.6 Å². The van der Waals surface area contributed by atoms with E-state index in [1.54, 1.807) is 6.20 Å². The SMILES string of the molecule is O=c1[nH]c(NCc2ccccc2Cl)nc2c1cnn2C1CCCC1. The number of aromatic amines is 1. The van der Waals surface area contributed by atoms with E-state index < -0.39 is 0 Å². The average molecular weight is 344 g/mol. The Kier molecular flexibility index (Phi) is 3.98. The lowest BCUT2D eigenvalue weighted by Gasteiger charge is -2.11. The lowest BCUT2D eigenvalue weighted by atomic mass is 10.2. The van der Waals surface area contributed by atoms with E-state index in [0.717, 1.165) is 18.4 Å². The minimum atomic E-state index is -0.175. The maximum Gasteiger partial charge on any atom is 0.263 e. The number of anilines is 1. The molecule has 1 aliphatic rings. The standard InChI is InChI=1S/C17H18ClN5O/c18-14-8-4-1-5-11(14)9-19-17-21-15-13(16(24)22-17)10-20-23(15)12-6-2-3-7-12/h1,4-5,8,10,12H,2-3,6-7,9H2,(H2,19,21,22,24). The molecule has 0 bridgehead atoms. The number of H-pyrrole nitrogens is 1. The van der Waals surface area contributed by atoms with Crippen molar-refractivity contribution in [3.8, 4) is 0 Å². The molecule has 0 radical (unpaired) electrons. The second-order valence-electron chi connectivity index (χ2n) is 6.12. The van der Waals surface area contributed by atoms with Crippen molar-refractivity contribution in [1.29, 1.82) is 0 Å². The monoisotopic (exact) mass is 343 g/mol. The van der Waals surface area contributed by atoms with Crippen LogP contribution in [-0.4, -0.2) is 19.7 Å². The van der Waals surface area contributed by atoms with Gasteiger partial charge in [-0.1, -0.05) is 42.6 Å². The van der Waals surface area contributed by atoms with Crippen LogP contribution < -0.4 is 10.9 Å². The number of nitrogens with zero attached hydrogens (tertiary/aromatic N) is 3. The molecule has 6 nitrogen and oxygen atoms in total. The van der Waals surface area contributed by atoms with Gasteiger partial charge in [0, 0.05) is 11.6 Å². The third kappa shape index (κ3) is 2.78. The number of hydrogen-bond donors (Lipinski definition) is 2. The Morgan fingerprint density at radius 1 is 1.29 bits per heavy atom. The Balaban J connectivity index is 1.65. The summed E-state index contributed by atoms with van der Waals surface area (Å²) in [5.74, 6) is 0.437. The van der Waals surface area contributed by atoms with Gasteiger partial charge in [-0.05, 0) is 24.5 Å². The van der Waals surface area contributed by atoms with Crippen LogP contribution in [0.4, 0.5) is 5.95 Å². The smallest absolute Gasteiger partial charge is 0.263 e. The first kappa shape index (κ1) is 15.2. The first-order chi connectivity index (χ1) is 11.7. The number of aromatic nitrogens is 4. The molecular formula is C17H18ClN5O. The van der Waals surface area contributed by atoms with Crippen molar-refractivity contribution in [2.24, 2.45) is 0 Å². The van der Waals surface area contributed by atoms with Crippen LogP contribution in [0.5, 0.6) is 0 Å². The molecule has 4 rings (SSSR count). The van der Waals surface area contributed by atoms with Gasteiger partial charge in [0.05, 0.1) is 12.2 Å². The van der Waals surface area contributed by atoms with E-state index in [0.29, 0.717) is 34.6 Å². The van der Waals surface area contributed by atoms with Crippen LogP contribution in [0.1, 0.15) is 37.3 Å². The number of rotatable bonds is 4. The van der Waals surface area contributed by atoms with Crippen molar-refractivity contribution >= 4 is 28.6 Å². The maximum absolute atomic E-state index is 12.3. The van der Waals surface area contributed by atoms with Crippen molar-refractivity contribution in [3.05, 3.63) is 51.4 Å². The zero-order chi connectivity index (χ0) is 16.5. The lowest BCUT2D eigenvalue weighted by Crippen LogP contribution is -2.15. The highest BCUT2D eigenvalue weighted by molar-refractivity contribution is 6.31. The average Bonchev–Trinajstić information content (AvgIpc) is 3.23. The predicted octanol–water partition coefficient (Wildman–Crippen LogP) is 3.50. The summed E-state index contributed by atoms with van der Waals surface area (Å²) in [6.45, 7) is 0.492. The molecule has 0 amide bonds. The fourth-order valence-electron chi connectivity index (χ4n) is 3.26. The van der Waals surface area contributed by atoms with Gasteiger partial charge in [0.25, 0.3) is 5.56 Å². The predicted molar refractivity (Wildman–Crippen MR) is 94.4 cm³/mol. The number of fused-ring (bicyclic) bond motifs is 1. The fourth-order valence-corrected chi connectivity index (χ4v) is 3.46. The molecule has 124 valence electrons. The summed E-state index contributed by atoms with van der Waals surface area (Å²) < 4.78 is 1.90. The van der Waals surface area contributed by atoms with Crippen LogP contribution in [0.25, 0.3) is 11.0 Å². The molecule has 0 spiro atoms. The Morgan fingerprint density at radius 3 is 2.88 bits per heavy atom. The highest BCUT2D eigenvalue weighted by Crippen LogP contribution is 2.30. The van der Waals surface area contributed by atoms with E-state index >= 15 is 0 Å². The molecule has 0 saturated heterocycles. The Morgan fingerprint density at radius 2 is 2.08 bits per heavy atom. The summed E-state index contributed by atoms with van der Waals surface area (Å²) in [4.78, 5) is 19.6. The number of nitrogens with one attached hydrogen (secondary N) is 2. The van der Waals surface area contributed by atoms with Crippen LogP contribution in [0, 0.1) is 0 Å². The summed E-state index contributed by atoms with van der Waals surface area (Å²) in [6.07, 6.45) is 6.19. The molecule has 1 aliphatic carbocycles. The van der Waals surface area contributed by atoms with E-state index in [2.05, 4.69) is 20.4 Å². The first-order valence-electron chi connectivity index (χ1n) is 8.17. The molecule has 24 heavy (non-hydrogen) atoms. The van der Waals surface area contributed by atoms with Gasteiger partial charge < -0.3 is 5.32 Å². The minimum Gasteiger partial charge on any atom is -0.352 e. The second-order valence-corrected chi connectivity index (χ2v) is 6.53. The van der Waals surface area contributed by atoms with E-state index in [9.17, 15) is 4.79 Å². The van der Waals surface area contributed by atoms with Crippen molar-refractivity contribution in [1.82, 2.24) is 19.7 Å². The van der Waals surface area contributed by atoms with Gasteiger partial charge in [0.2, 0.25) is 5.95 Å². The molecule has 2 aromatic heterocycles. The minimum absolute atomic E-state index is 0.175. The Hall–Kier alpha value is -2.34. The summed E-state index contributed by atoms with van der Waals surface area (Å²) in [5, 5.41) is 8.76. The zero-order valence-corrected chi connectivity index (χ0v) is 13.9. The van der Waals surface area contributed by atoms with Gasteiger partial charge in [-0.3, -0.25) is 9.78 Å². The van der Waals surface area contributed by atoms with Crippen LogP contribution in [0.2, 0.25) is 5.02 Å². The van der Waals surface area contributed by atoms with Crippen LogP contribution in [-0.2, 0) is 6.54 Å². The number of hydrogen-bond acceptors (Lipinski definition) is 4. The van der Waals surface area contributed by atoms with Gasteiger partial charge in [-0.25, -0.2) is 4.68 Å². The molecule has 0 unspecified atom stereocenters. The summed E-state index contributed by atoms with van der Waals surface area (Å²) >= 11 is 6.16. The lowest BCUT2D eigenvalue weighted by molar-refractivity contribution is 0.478. The van der Waals surface area contributed by atoms with Gasteiger partial charge >= 0.3 is 0 Å². The van der Waals surface area contributed by atoms with Crippen molar-refractivity contribution in [2.45, 2.75) is 38.3 Å². The van der Waals surface area contributed by atoms with E-state index in [1.807, 2.05) is 28.9 Å². The molecule has 0 atom stereocenters. The van der Waals surface area contributed by atoms with E-state index in [4.69, 9.17) is 11.6 Å². The van der Waals surface area contributed by atoms with Crippen LogP contribution in [0.3, 0.4) is 0 Å². The molecule has 2 N–H and O–H groups in total. The highest BCUT2D eigenvalue weighted by atomic mass is 35.5. The third-order valence-electron chi connectivity index (χ3n) is 4.54. The molecule has 0 aliphatic heterocycles. The summed E-state index contributed by atoms with van der Waals surface area (Å²) in [6, 6.07) is 7.94. The van der Waals surface area contributed by atoms with Gasteiger partial charge in [0.1, 0.15) is 5.39 Å². The van der Waals surface area contributed by atoms with Crippen molar-refractivity contribution < 1.29 is 0 Å². The molecule has 3 aromatic rings. The fraction of sp³-hybridized carbons (Fsp3) is 0.353. The van der Waals surface area contributed by atoms with E-state index in [-0.39, 0.29) is 5.56 Å². The highest BCUT2D eigenvalue weighted by Gasteiger charge is 2.21. The molecule has 1 aromatic carbocycles. The molecular weight excluding hydrogens is 326 g/mol. The van der Waals surface area contributed by atoms with Gasteiger partial charge in [0.15, 0.2) is 5.65 Å². The van der Waals surface area contributed by atoms with Crippen LogP contribution in [0.15, 0.2) is 35.3 Å². The third-order valence-corrected chi connectivity index (χ3v) is 4.91. The molecule has 2 heterocycles. The number of halogens is 1. The van der Waals surface area contributed by atoms with E-state index in [1.165, 1.54) is 12.8 Å². The molecule has 7 heteroatoms. The first-order valence-corrected chi connectivity index (χ1v) is 8.55. The maximum atomic E-state index is 12.3. The summed E-state index contributed by atoms with van der Waals surface area (Å²) in [7, 11) is 0. The zero-order valence-electron chi connectivity index (χ0n) is 13.1. The normalized spacial score (nSPS) is 15.2. The topological polar surface area (TPSA) is 75.6 Å². The second kappa shape index (κ2) is 6.28. The van der Waals surface area contributed by atoms with Crippen molar-refractivity contribution in [3.63, 3.8) is 0 Å². The number of benzene rings is 1. The quantitative estimate of drug-likeness (QED) is 0.760. The molecule has 1 saturated carbocycles. The summed E-state index contributed by atoms with van der Waals surface area (Å²) in [5.41, 5.74) is 1.42. The Labute approximate surface area is 143 Å². The van der Waals surface area contributed by atoms with Gasteiger partial charge in [-0.2, -0.15) is 10.1 Å². The molecule has 1 fully saturated rings. The largest absolute Gasteiger partial charge is 0.352 e. The Bertz CT molecular complexity index is 926. The van der Waals surface area contributed by atoms with Crippen molar-refractivity contribution in [2.75, 3.05) is 5.32 Å². The van der Waals surface area contributed by atoms with Gasteiger partial charge in [-0.15, -0.1) is 0 Å².